The molecule has 9 nitrogen and oxygen atoms in total. The van der Waals surface area contributed by atoms with Crippen molar-refractivity contribution in [3.63, 3.8) is 0 Å². The highest BCUT2D eigenvalue weighted by Gasteiger charge is 2.10. The minimum atomic E-state index is -0.261. The number of amides is 1. The van der Waals surface area contributed by atoms with Crippen LogP contribution in [0.5, 0.6) is 17.4 Å². The predicted octanol–water partition coefficient (Wildman–Crippen LogP) is 2.37. The number of fused-ring (bicyclic) bond motifs is 1. The molecule has 0 unspecified atom stereocenters. The Labute approximate surface area is 178 Å². The van der Waals surface area contributed by atoms with Gasteiger partial charge in [-0.3, -0.25) is 4.79 Å². The number of carbonyl (C=O) groups excluding carboxylic acids is 1. The van der Waals surface area contributed by atoms with Gasteiger partial charge < -0.3 is 19.5 Å². The lowest BCUT2D eigenvalue weighted by Gasteiger charge is -2.11. The van der Waals surface area contributed by atoms with E-state index in [1.807, 2.05) is 42.5 Å². The highest BCUT2D eigenvalue weighted by molar-refractivity contribution is 5.77. The minimum absolute atomic E-state index is 0.119. The van der Waals surface area contributed by atoms with E-state index in [2.05, 4.69) is 20.6 Å². The van der Waals surface area contributed by atoms with Gasteiger partial charge in [0.25, 0.3) is 5.91 Å². The molecule has 2 aromatic carbocycles. The van der Waals surface area contributed by atoms with E-state index < -0.39 is 0 Å². The fourth-order valence-corrected chi connectivity index (χ4v) is 2.89. The zero-order chi connectivity index (χ0) is 21.5. The summed E-state index contributed by atoms with van der Waals surface area (Å²) >= 11 is 0. The summed E-state index contributed by atoms with van der Waals surface area (Å²) in [6, 6.07) is 20.3. The maximum atomic E-state index is 12.0. The molecule has 1 amide bonds. The van der Waals surface area contributed by atoms with Crippen LogP contribution < -0.4 is 19.5 Å². The molecule has 0 aliphatic heterocycles. The molecule has 2 heterocycles. The Morgan fingerprint density at radius 3 is 2.52 bits per heavy atom. The molecule has 4 rings (SSSR count). The fraction of sp³-hybridized carbons (Fsp3) is 0.182. The molecular weight excluding hydrogens is 398 g/mol. The lowest BCUT2D eigenvalue weighted by molar-refractivity contribution is -0.123. The fourth-order valence-electron chi connectivity index (χ4n) is 2.89. The zero-order valence-corrected chi connectivity index (χ0v) is 16.9. The summed E-state index contributed by atoms with van der Waals surface area (Å²) in [4.78, 5) is 12.0. The third-order valence-electron chi connectivity index (χ3n) is 4.37. The largest absolute Gasteiger partial charge is 0.493 e. The van der Waals surface area contributed by atoms with Crippen molar-refractivity contribution in [3.05, 3.63) is 66.7 Å². The number of hydrogen-bond donors (Lipinski definition) is 1. The Balaban J connectivity index is 1.28. The highest BCUT2D eigenvalue weighted by Crippen LogP contribution is 2.25. The molecule has 1 N–H and O–H groups in total. The number of para-hydroxylation sites is 2. The Hall–Kier alpha value is -4.14. The Bertz CT molecular complexity index is 1160. The van der Waals surface area contributed by atoms with Crippen LogP contribution in [-0.2, 0) is 4.79 Å². The van der Waals surface area contributed by atoms with E-state index >= 15 is 0 Å². The normalized spacial score (nSPS) is 10.6. The van der Waals surface area contributed by atoms with Crippen molar-refractivity contribution < 1.29 is 19.0 Å². The van der Waals surface area contributed by atoms with Crippen LogP contribution in [0.4, 0.5) is 0 Å². The average Bonchev–Trinajstić information content (AvgIpc) is 3.24. The van der Waals surface area contributed by atoms with Gasteiger partial charge in [-0.2, -0.15) is 4.52 Å². The lowest BCUT2D eigenvalue weighted by atomic mass is 10.2. The number of rotatable bonds is 9. The van der Waals surface area contributed by atoms with Crippen LogP contribution in [0.1, 0.15) is 0 Å². The highest BCUT2D eigenvalue weighted by atomic mass is 16.5. The van der Waals surface area contributed by atoms with E-state index in [9.17, 15) is 4.79 Å². The number of ether oxygens (including phenoxy) is 3. The van der Waals surface area contributed by atoms with Gasteiger partial charge >= 0.3 is 0 Å². The van der Waals surface area contributed by atoms with Crippen molar-refractivity contribution in [3.8, 4) is 28.8 Å². The quantitative estimate of drug-likeness (QED) is 0.416. The molecule has 0 bridgehead atoms. The number of carbonyl (C=O) groups is 1. The van der Waals surface area contributed by atoms with Gasteiger partial charge in [-0.05, 0) is 18.2 Å². The molecule has 2 aromatic heterocycles. The van der Waals surface area contributed by atoms with Crippen LogP contribution in [0, 0.1) is 0 Å². The van der Waals surface area contributed by atoms with E-state index in [0.29, 0.717) is 35.4 Å². The van der Waals surface area contributed by atoms with Gasteiger partial charge in [0.2, 0.25) is 5.88 Å². The summed E-state index contributed by atoms with van der Waals surface area (Å²) in [5.74, 6) is 1.86. The molecule has 31 heavy (non-hydrogen) atoms. The summed E-state index contributed by atoms with van der Waals surface area (Å²) in [5.41, 5.74) is 1.52. The topological polar surface area (TPSA) is 99.9 Å². The van der Waals surface area contributed by atoms with Gasteiger partial charge in [0.15, 0.2) is 29.6 Å². The van der Waals surface area contributed by atoms with Crippen LogP contribution in [-0.4, -0.2) is 52.6 Å². The standard InChI is InChI=1S/C22H21N5O4/c1-29-17-9-5-6-10-18(17)31-15-20(28)23-13-14-30-21-12-11-19-24-25-22(27(19)26-21)16-7-3-2-4-8-16/h2-12H,13-15H2,1H3,(H,23,28). The monoisotopic (exact) mass is 419 g/mol. The van der Waals surface area contributed by atoms with E-state index in [0.717, 1.165) is 5.56 Å². The van der Waals surface area contributed by atoms with Gasteiger partial charge in [-0.1, -0.05) is 42.5 Å². The molecular formula is C22H21N5O4. The Morgan fingerprint density at radius 1 is 0.935 bits per heavy atom. The third kappa shape index (κ3) is 4.89. The van der Waals surface area contributed by atoms with E-state index in [1.165, 1.54) is 0 Å². The summed E-state index contributed by atoms with van der Waals surface area (Å²) in [6.45, 7) is 0.439. The molecule has 0 saturated carbocycles. The van der Waals surface area contributed by atoms with E-state index in [4.69, 9.17) is 14.2 Å². The molecule has 0 fully saturated rings. The maximum Gasteiger partial charge on any atom is 0.258 e. The van der Waals surface area contributed by atoms with Crippen LogP contribution in [0.15, 0.2) is 66.7 Å². The molecule has 9 heteroatoms. The van der Waals surface area contributed by atoms with Gasteiger partial charge in [-0.15, -0.1) is 15.3 Å². The predicted molar refractivity (Wildman–Crippen MR) is 113 cm³/mol. The number of nitrogens with zero attached hydrogens (tertiary/aromatic N) is 4. The molecule has 0 atom stereocenters. The first-order valence-electron chi connectivity index (χ1n) is 9.68. The van der Waals surface area contributed by atoms with Crippen molar-refractivity contribution in [1.29, 1.82) is 0 Å². The summed E-state index contributed by atoms with van der Waals surface area (Å²) in [7, 11) is 1.55. The number of benzene rings is 2. The zero-order valence-electron chi connectivity index (χ0n) is 16.9. The third-order valence-corrected chi connectivity index (χ3v) is 4.37. The number of methoxy groups -OCH3 is 1. The second-order valence-electron chi connectivity index (χ2n) is 6.47. The second-order valence-corrected chi connectivity index (χ2v) is 6.47. The van der Waals surface area contributed by atoms with Gasteiger partial charge in [0.05, 0.1) is 13.7 Å². The average molecular weight is 419 g/mol. The van der Waals surface area contributed by atoms with E-state index in [-0.39, 0.29) is 19.1 Å². The van der Waals surface area contributed by atoms with Crippen LogP contribution in [0.2, 0.25) is 0 Å². The SMILES string of the molecule is COc1ccccc1OCC(=O)NCCOc1ccc2nnc(-c3ccccc3)n2n1. The summed E-state index contributed by atoms with van der Waals surface area (Å²) in [6.07, 6.45) is 0. The molecule has 4 aromatic rings. The first kappa shape index (κ1) is 20.1. The first-order valence-corrected chi connectivity index (χ1v) is 9.68. The smallest absolute Gasteiger partial charge is 0.258 e. The number of hydrogen-bond acceptors (Lipinski definition) is 7. The van der Waals surface area contributed by atoms with Crippen LogP contribution >= 0.6 is 0 Å². The molecule has 0 spiro atoms. The lowest BCUT2D eigenvalue weighted by Crippen LogP contribution is -2.32. The van der Waals surface area contributed by atoms with Crippen molar-refractivity contribution >= 4 is 11.6 Å². The second kappa shape index (κ2) is 9.57. The van der Waals surface area contributed by atoms with Gasteiger partial charge in [-0.25, -0.2) is 0 Å². The molecule has 0 saturated heterocycles. The van der Waals surface area contributed by atoms with Crippen LogP contribution in [0.3, 0.4) is 0 Å². The molecule has 158 valence electrons. The van der Waals surface area contributed by atoms with Crippen molar-refractivity contribution in [1.82, 2.24) is 25.1 Å². The minimum Gasteiger partial charge on any atom is -0.493 e. The molecule has 0 aliphatic carbocycles. The van der Waals surface area contributed by atoms with Crippen molar-refractivity contribution in [2.75, 3.05) is 26.9 Å². The van der Waals surface area contributed by atoms with Gasteiger partial charge in [0, 0.05) is 11.6 Å². The first-order chi connectivity index (χ1) is 15.2. The molecule has 0 aliphatic rings. The Morgan fingerprint density at radius 2 is 1.71 bits per heavy atom. The number of nitrogens with one attached hydrogen (secondary N) is 1. The maximum absolute atomic E-state index is 12.0. The number of aromatic nitrogens is 4. The summed E-state index contributed by atoms with van der Waals surface area (Å²) < 4.78 is 18.0. The summed E-state index contributed by atoms with van der Waals surface area (Å²) in [5, 5.41) is 15.5. The van der Waals surface area contributed by atoms with Crippen molar-refractivity contribution in [2.24, 2.45) is 0 Å². The van der Waals surface area contributed by atoms with E-state index in [1.54, 1.807) is 35.9 Å². The van der Waals surface area contributed by atoms with Gasteiger partial charge in [0.1, 0.15) is 6.61 Å². The van der Waals surface area contributed by atoms with Crippen LogP contribution in [0.25, 0.3) is 17.0 Å². The molecule has 0 radical (unpaired) electrons. The van der Waals surface area contributed by atoms with Crippen molar-refractivity contribution in [2.45, 2.75) is 0 Å². The Kier molecular flexibility index (Phi) is 6.22.